The van der Waals surface area contributed by atoms with Gasteiger partial charge in [0.15, 0.2) is 10.7 Å². The average molecular weight is 478 g/mol. The topological polar surface area (TPSA) is 118 Å². The number of aromatic amines is 1. The van der Waals surface area contributed by atoms with Crippen LogP contribution in [0.25, 0.3) is 33.4 Å². The molecule has 0 saturated heterocycles. The minimum atomic E-state index is -4.01. The van der Waals surface area contributed by atoms with E-state index >= 15 is 4.39 Å². The second kappa shape index (κ2) is 8.03. The number of fused-ring (bicyclic) bond motifs is 1. The number of halogens is 1. The maximum absolute atomic E-state index is 16.1. The fourth-order valence-electron chi connectivity index (χ4n) is 4.01. The van der Waals surface area contributed by atoms with Gasteiger partial charge in [0, 0.05) is 47.4 Å². The van der Waals surface area contributed by atoms with Crippen LogP contribution in [0.15, 0.2) is 60.1 Å². The van der Waals surface area contributed by atoms with Crippen LogP contribution >= 0.6 is 0 Å². The monoisotopic (exact) mass is 477 g/mol. The highest BCUT2D eigenvalue weighted by Crippen LogP contribution is 2.39. The molecular weight excluding hydrogens is 457 g/mol. The van der Waals surface area contributed by atoms with Crippen LogP contribution in [0, 0.1) is 19.7 Å². The quantitative estimate of drug-likeness (QED) is 0.395. The van der Waals surface area contributed by atoms with Crippen LogP contribution in [0.1, 0.15) is 11.4 Å². The molecule has 0 amide bonds. The molecule has 0 atom stereocenters. The summed E-state index contributed by atoms with van der Waals surface area (Å²) < 4.78 is 46.3. The summed E-state index contributed by atoms with van der Waals surface area (Å²) in [6, 6.07) is 9.18. The van der Waals surface area contributed by atoms with Crippen LogP contribution in [0.2, 0.25) is 0 Å². The van der Waals surface area contributed by atoms with E-state index in [2.05, 4.69) is 29.8 Å². The molecule has 1 aromatic carbocycles. The lowest BCUT2D eigenvalue weighted by Gasteiger charge is -2.15. The Kier molecular flexibility index (Phi) is 5.13. The molecule has 0 aliphatic heterocycles. The van der Waals surface area contributed by atoms with Gasteiger partial charge in [-0.2, -0.15) is 13.5 Å². The predicted octanol–water partition coefficient (Wildman–Crippen LogP) is 3.98. The largest absolute Gasteiger partial charge is 0.343 e. The van der Waals surface area contributed by atoms with Gasteiger partial charge < -0.3 is 4.98 Å². The van der Waals surface area contributed by atoms with E-state index in [-0.39, 0.29) is 21.8 Å². The molecule has 0 bridgehead atoms. The lowest BCUT2D eigenvalue weighted by atomic mass is 9.96. The van der Waals surface area contributed by atoms with Crippen molar-refractivity contribution in [1.82, 2.24) is 29.7 Å². The number of benzene rings is 1. The Morgan fingerprint density at radius 1 is 1.00 bits per heavy atom. The van der Waals surface area contributed by atoms with Gasteiger partial charge in [-0.3, -0.25) is 9.40 Å². The molecule has 0 aliphatic rings. The zero-order valence-electron chi connectivity index (χ0n) is 18.5. The predicted molar refractivity (Wildman–Crippen MR) is 126 cm³/mol. The lowest BCUT2D eigenvalue weighted by Crippen LogP contribution is -2.14. The number of hydrogen-bond acceptors (Lipinski definition) is 6. The van der Waals surface area contributed by atoms with Crippen molar-refractivity contribution in [2.45, 2.75) is 18.9 Å². The first-order chi connectivity index (χ1) is 16.3. The molecule has 5 aromatic rings. The Balaban J connectivity index is 1.76. The fourth-order valence-corrected chi connectivity index (χ4v) is 5.00. The summed E-state index contributed by atoms with van der Waals surface area (Å²) in [6.45, 7) is 3.62. The smallest absolute Gasteiger partial charge is 0.279 e. The van der Waals surface area contributed by atoms with E-state index in [1.165, 1.54) is 36.9 Å². The van der Waals surface area contributed by atoms with E-state index in [9.17, 15) is 8.42 Å². The highest BCUT2D eigenvalue weighted by Gasteiger charge is 2.23. The molecule has 0 saturated carbocycles. The first kappa shape index (κ1) is 21.7. The lowest BCUT2D eigenvalue weighted by molar-refractivity contribution is 0.597. The Morgan fingerprint density at radius 2 is 1.79 bits per heavy atom. The van der Waals surface area contributed by atoms with Crippen molar-refractivity contribution in [3.63, 3.8) is 0 Å². The van der Waals surface area contributed by atoms with E-state index in [1.807, 2.05) is 6.92 Å². The number of imidazole rings is 1. The van der Waals surface area contributed by atoms with Crippen LogP contribution < -0.4 is 4.72 Å². The number of aromatic nitrogens is 6. The van der Waals surface area contributed by atoms with Gasteiger partial charge in [-0.05, 0) is 44.2 Å². The first-order valence-corrected chi connectivity index (χ1v) is 11.8. The van der Waals surface area contributed by atoms with Gasteiger partial charge in [0.1, 0.15) is 5.82 Å². The van der Waals surface area contributed by atoms with E-state index < -0.39 is 15.8 Å². The molecule has 34 heavy (non-hydrogen) atoms. The third-order valence-corrected chi connectivity index (χ3v) is 6.93. The van der Waals surface area contributed by atoms with Crippen molar-refractivity contribution in [3.05, 3.63) is 72.3 Å². The number of hydrogen-bond donors (Lipinski definition) is 2. The molecule has 0 fully saturated rings. The number of pyridine rings is 2. The standard InChI is InChI=1S/C23H20FN7O2S/c1-13-20(14(2)31(3)29-13)18-11-15(30-34(32,33)19-6-4-5-8-25-19)10-17(21(18)24)16-7-9-26-23-22(16)27-12-28-23/h4-12,30H,1-3H3,(H,26,27,28). The number of H-pyrrole nitrogens is 1. The Bertz CT molecular complexity index is 1640. The molecule has 172 valence electrons. The number of anilines is 1. The molecule has 5 rings (SSSR count). The van der Waals surface area contributed by atoms with Crippen molar-refractivity contribution in [3.8, 4) is 22.3 Å². The van der Waals surface area contributed by atoms with Crippen molar-refractivity contribution in [2.24, 2.45) is 7.05 Å². The van der Waals surface area contributed by atoms with Crippen molar-refractivity contribution in [2.75, 3.05) is 4.72 Å². The zero-order valence-corrected chi connectivity index (χ0v) is 19.4. The summed E-state index contributed by atoms with van der Waals surface area (Å²) in [5.74, 6) is -0.512. The van der Waals surface area contributed by atoms with Crippen molar-refractivity contribution < 1.29 is 12.8 Å². The van der Waals surface area contributed by atoms with Crippen molar-refractivity contribution in [1.29, 1.82) is 0 Å². The van der Waals surface area contributed by atoms with Crippen LogP contribution in [0.4, 0.5) is 10.1 Å². The average Bonchev–Trinajstić information content (AvgIpc) is 3.39. The summed E-state index contributed by atoms with van der Waals surface area (Å²) in [4.78, 5) is 15.3. The highest BCUT2D eigenvalue weighted by atomic mass is 32.2. The van der Waals surface area contributed by atoms with Crippen LogP contribution in [-0.4, -0.2) is 38.1 Å². The maximum Gasteiger partial charge on any atom is 0.279 e. The van der Waals surface area contributed by atoms with Gasteiger partial charge in [-0.15, -0.1) is 0 Å². The van der Waals surface area contributed by atoms with E-state index in [4.69, 9.17) is 0 Å². The molecule has 4 aromatic heterocycles. The molecule has 9 nitrogen and oxygen atoms in total. The summed E-state index contributed by atoms with van der Waals surface area (Å²) in [5.41, 5.74) is 4.02. The number of aryl methyl sites for hydroxylation is 2. The molecule has 2 N–H and O–H groups in total. The van der Waals surface area contributed by atoms with E-state index in [0.717, 1.165) is 5.69 Å². The number of sulfonamides is 1. The fraction of sp³-hybridized carbons (Fsp3) is 0.130. The maximum atomic E-state index is 16.1. The number of rotatable bonds is 5. The van der Waals surface area contributed by atoms with Gasteiger partial charge in [-0.1, -0.05) is 6.07 Å². The first-order valence-electron chi connectivity index (χ1n) is 10.3. The van der Waals surface area contributed by atoms with E-state index in [1.54, 1.807) is 36.9 Å². The van der Waals surface area contributed by atoms with Gasteiger partial charge in [-0.25, -0.2) is 19.3 Å². The number of nitrogens with one attached hydrogen (secondary N) is 2. The molecule has 0 radical (unpaired) electrons. The third kappa shape index (κ3) is 3.59. The summed E-state index contributed by atoms with van der Waals surface area (Å²) in [5, 5.41) is 4.26. The number of nitrogens with zero attached hydrogens (tertiary/aromatic N) is 5. The van der Waals surface area contributed by atoms with Crippen LogP contribution in [0.5, 0.6) is 0 Å². The van der Waals surface area contributed by atoms with Crippen LogP contribution in [-0.2, 0) is 17.1 Å². The molecule has 0 spiro atoms. The van der Waals surface area contributed by atoms with Gasteiger partial charge in [0.25, 0.3) is 10.0 Å². The summed E-state index contributed by atoms with van der Waals surface area (Å²) >= 11 is 0. The Hall–Kier alpha value is -4.12. The third-order valence-electron chi connectivity index (χ3n) is 5.63. The molecular formula is C23H20FN7O2S. The Morgan fingerprint density at radius 3 is 2.50 bits per heavy atom. The summed E-state index contributed by atoms with van der Waals surface area (Å²) in [6.07, 6.45) is 4.40. The summed E-state index contributed by atoms with van der Waals surface area (Å²) in [7, 11) is -2.23. The Labute approximate surface area is 194 Å². The van der Waals surface area contributed by atoms with Gasteiger partial charge >= 0.3 is 0 Å². The SMILES string of the molecule is Cc1nn(C)c(C)c1-c1cc(NS(=O)(=O)c2ccccn2)cc(-c2ccnc3nc[nH]c23)c1F. The minimum Gasteiger partial charge on any atom is -0.343 e. The second-order valence-electron chi connectivity index (χ2n) is 7.79. The van der Waals surface area contributed by atoms with Crippen molar-refractivity contribution >= 4 is 26.9 Å². The van der Waals surface area contributed by atoms with E-state index in [0.29, 0.717) is 28.0 Å². The molecule has 4 heterocycles. The second-order valence-corrected chi connectivity index (χ2v) is 9.42. The molecule has 0 aliphatic carbocycles. The highest BCUT2D eigenvalue weighted by molar-refractivity contribution is 7.92. The minimum absolute atomic E-state index is 0.143. The molecule has 0 unspecified atom stereocenters. The van der Waals surface area contributed by atoms with Gasteiger partial charge in [0.2, 0.25) is 0 Å². The van der Waals surface area contributed by atoms with Gasteiger partial charge in [0.05, 0.1) is 23.2 Å². The van der Waals surface area contributed by atoms with Crippen LogP contribution in [0.3, 0.4) is 0 Å². The zero-order chi connectivity index (χ0) is 24.0. The normalized spacial score (nSPS) is 11.8. The molecule has 11 heteroatoms.